The van der Waals surface area contributed by atoms with Crippen molar-refractivity contribution in [2.24, 2.45) is 0 Å². The van der Waals surface area contributed by atoms with Crippen molar-refractivity contribution < 1.29 is 0 Å². The molecule has 0 aliphatic carbocycles. The zero-order chi connectivity index (χ0) is 7.94. The van der Waals surface area contributed by atoms with Crippen LogP contribution < -0.4 is 0 Å². The van der Waals surface area contributed by atoms with E-state index >= 15 is 0 Å². The van der Waals surface area contributed by atoms with Crippen molar-refractivity contribution in [3.63, 3.8) is 0 Å². The molecule has 11 heavy (non-hydrogen) atoms. The molecule has 1 aromatic heterocycles. The first kappa shape index (κ1) is 8.21. The SMILES string of the molecule is ClCCC=Cc1ncccn1. The largest absolute Gasteiger partial charge is 0.237 e. The Morgan fingerprint density at radius 3 is 2.73 bits per heavy atom. The zero-order valence-corrected chi connectivity index (χ0v) is 6.83. The van der Waals surface area contributed by atoms with Crippen LogP contribution in [0, 0.1) is 0 Å². The Morgan fingerprint density at radius 2 is 2.09 bits per heavy atom. The topological polar surface area (TPSA) is 25.8 Å². The number of allylic oxidation sites excluding steroid dienone is 1. The maximum Gasteiger partial charge on any atom is 0.151 e. The average Bonchev–Trinajstić information content (AvgIpc) is 2.07. The lowest BCUT2D eigenvalue weighted by atomic mass is 10.4. The van der Waals surface area contributed by atoms with Gasteiger partial charge in [-0.3, -0.25) is 0 Å². The molecule has 0 fully saturated rings. The van der Waals surface area contributed by atoms with Gasteiger partial charge in [0, 0.05) is 18.3 Å². The minimum Gasteiger partial charge on any atom is -0.237 e. The quantitative estimate of drug-likeness (QED) is 0.647. The molecule has 3 heteroatoms. The van der Waals surface area contributed by atoms with Crippen LogP contribution >= 0.6 is 11.6 Å². The Morgan fingerprint density at radius 1 is 1.36 bits per heavy atom. The van der Waals surface area contributed by atoms with Gasteiger partial charge in [0.2, 0.25) is 0 Å². The van der Waals surface area contributed by atoms with E-state index in [-0.39, 0.29) is 0 Å². The predicted octanol–water partition coefficient (Wildman–Crippen LogP) is 2.12. The third-order valence-electron chi connectivity index (χ3n) is 1.13. The third-order valence-corrected chi connectivity index (χ3v) is 1.35. The Balaban J connectivity index is 2.50. The van der Waals surface area contributed by atoms with E-state index in [1.54, 1.807) is 18.5 Å². The zero-order valence-electron chi connectivity index (χ0n) is 6.07. The Kier molecular flexibility index (Phi) is 3.62. The van der Waals surface area contributed by atoms with Crippen molar-refractivity contribution in [2.45, 2.75) is 6.42 Å². The monoisotopic (exact) mass is 168 g/mol. The van der Waals surface area contributed by atoms with E-state index in [4.69, 9.17) is 11.6 Å². The van der Waals surface area contributed by atoms with Gasteiger partial charge in [-0.05, 0) is 18.6 Å². The normalized spacial score (nSPS) is 10.6. The molecule has 0 N–H and O–H groups in total. The van der Waals surface area contributed by atoms with Crippen molar-refractivity contribution in [3.8, 4) is 0 Å². The molecule has 2 nitrogen and oxygen atoms in total. The summed E-state index contributed by atoms with van der Waals surface area (Å²) in [5, 5.41) is 0. The van der Waals surface area contributed by atoms with Gasteiger partial charge in [0.25, 0.3) is 0 Å². The first-order valence-corrected chi connectivity index (χ1v) is 3.96. The highest BCUT2D eigenvalue weighted by atomic mass is 35.5. The molecule has 0 radical (unpaired) electrons. The molecule has 0 bridgehead atoms. The molecule has 0 aliphatic rings. The van der Waals surface area contributed by atoms with Crippen molar-refractivity contribution in [1.29, 1.82) is 0 Å². The number of hydrogen-bond donors (Lipinski definition) is 0. The summed E-state index contributed by atoms with van der Waals surface area (Å²) in [6.07, 6.45) is 8.12. The first-order valence-electron chi connectivity index (χ1n) is 3.43. The number of rotatable bonds is 3. The summed E-state index contributed by atoms with van der Waals surface area (Å²) < 4.78 is 0. The van der Waals surface area contributed by atoms with Crippen molar-refractivity contribution in [2.75, 3.05) is 5.88 Å². The summed E-state index contributed by atoms with van der Waals surface area (Å²) in [4.78, 5) is 8.02. The molecule has 0 unspecified atom stereocenters. The minimum absolute atomic E-state index is 0.642. The summed E-state index contributed by atoms with van der Waals surface area (Å²) in [7, 11) is 0. The maximum absolute atomic E-state index is 5.48. The van der Waals surface area contributed by atoms with E-state index in [2.05, 4.69) is 9.97 Å². The van der Waals surface area contributed by atoms with Crippen LogP contribution in [0.2, 0.25) is 0 Å². The lowest BCUT2D eigenvalue weighted by Gasteiger charge is -1.87. The fourth-order valence-electron chi connectivity index (χ4n) is 0.648. The number of alkyl halides is 1. The van der Waals surface area contributed by atoms with Crippen LogP contribution in [0.5, 0.6) is 0 Å². The molecule has 1 aromatic rings. The van der Waals surface area contributed by atoms with E-state index in [9.17, 15) is 0 Å². The number of halogens is 1. The molecule has 0 spiro atoms. The lowest BCUT2D eigenvalue weighted by Crippen LogP contribution is -1.82. The van der Waals surface area contributed by atoms with Gasteiger partial charge >= 0.3 is 0 Å². The molecule has 0 saturated carbocycles. The summed E-state index contributed by atoms with van der Waals surface area (Å²) in [5.41, 5.74) is 0. The van der Waals surface area contributed by atoms with Gasteiger partial charge in [-0.15, -0.1) is 11.6 Å². The van der Waals surface area contributed by atoms with Gasteiger partial charge in [-0.25, -0.2) is 9.97 Å². The highest BCUT2D eigenvalue weighted by Gasteiger charge is 1.83. The van der Waals surface area contributed by atoms with E-state index in [0.29, 0.717) is 5.88 Å². The number of nitrogens with zero attached hydrogens (tertiary/aromatic N) is 2. The van der Waals surface area contributed by atoms with E-state index in [0.717, 1.165) is 12.2 Å². The van der Waals surface area contributed by atoms with Crippen molar-refractivity contribution >= 4 is 17.7 Å². The maximum atomic E-state index is 5.48. The second-order valence-corrected chi connectivity index (χ2v) is 2.36. The molecule has 0 aromatic carbocycles. The fraction of sp³-hybridized carbons (Fsp3) is 0.250. The Labute approximate surface area is 70.9 Å². The second kappa shape index (κ2) is 4.85. The smallest absolute Gasteiger partial charge is 0.151 e. The Bertz CT molecular complexity index is 221. The van der Waals surface area contributed by atoms with Crippen molar-refractivity contribution in [1.82, 2.24) is 9.97 Å². The molecule has 0 aliphatic heterocycles. The summed E-state index contributed by atoms with van der Waals surface area (Å²) >= 11 is 5.48. The van der Waals surface area contributed by atoms with E-state index in [1.165, 1.54) is 0 Å². The molecule has 58 valence electrons. The standard InChI is InChI=1S/C8H9ClN2/c9-5-2-1-4-8-10-6-3-7-11-8/h1,3-4,6-7H,2,5H2. The van der Waals surface area contributed by atoms with E-state index < -0.39 is 0 Å². The molecule has 0 amide bonds. The summed E-state index contributed by atoms with van der Waals surface area (Å²) in [6, 6.07) is 1.79. The highest BCUT2D eigenvalue weighted by molar-refractivity contribution is 6.17. The predicted molar refractivity (Wildman–Crippen MR) is 46.4 cm³/mol. The van der Waals surface area contributed by atoms with E-state index in [1.807, 2.05) is 12.2 Å². The van der Waals surface area contributed by atoms with Gasteiger partial charge in [0.1, 0.15) is 0 Å². The second-order valence-electron chi connectivity index (χ2n) is 1.99. The fourth-order valence-corrected chi connectivity index (χ4v) is 0.774. The van der Waals surface area contributed by atoms with Gasteiger partial charge in [-0.1, -0.05) is 6.08 Å². The van der Waals surface area contributed by atoms with Gasteiger partial charge in [0.05, 0.1) is 0 Å². The molecule has 0 atom stereocenters. The van der Waals surface area contributed by atoms with Gasteiger partial charge in [-0.2, -0.15) is 0 Å². The molecular weight excluding hydrogens is 160 g/mol. The van der Waals surface area contributed by atoms with Crippen LogP contribution in [0.3, 0.4) is 0 Å². The van der Waals surface area contributed by atoms with Gasteiger partial charge < -0.3 is 0 Å². The van der Waals surface area contributed by atoms with Crippen LogP contribution in [0.4, 0.5) is 0 Å². The molecule has 0 saturated heterocycles. The average molecular weight is 169 g/mol. The Hall–Kier alpha value is -0.890. The molecule has 1 heterocycles. The molecular formula is C8H9ClN2. The number of hydrogen-bond acceptors (Lipinski definition) is 2. The first-order chi connectivity index (χ1) is 5.43. The van der Waals surface area contributed by atoms with Crippen LogP contribution in [0.15, 0.2) is 24.5 Å². The van der Waals surface area contributed by atoms with Crippen LogP contribution in [-0.2, 0) is 0 Å². The van der Waals surface area contributed by atoms with Crippen molar-refractivity contribution in [3.05, 3.63) is 30.4 Å². The minimum atomic E-state index is 0.642. The highest BCUT2D eigenvalue weighted by Crippen LogP contribution is 1.94. The van der Waals surface area contributed by atoms with Crippen LogP contribution in [0.1, 0.15) is 12.2 Å². The lowest BCUT2D eigenvalue weighted by molar-refractivity contribution is 1.13. The summed E-state index contributed by atoms with van der Waals surface area (Å²) in [6.45, 7) is 0. The third kappa shape index (κ3) is 3.14. The van der Waals surface area contributed by atoms with Crippen LogP contribution in [0.25, 0.3) is 6.08 Å². The number of aromatic nitrogens is 2. The van der Waals surface area contributed by atoms with Gasteiger partial charge in [0.15, 0.2) is 5.82 Å². The molecule has 1 rings (SSSR count). The van der Waals surface area contributed by atoms with Crippen LogP contribution in [-0.4, -0.2) is 15.8 Å². The summed E-state index contributed by atoms with van der Waals surface area (Å²) in [5.74, 6) is 1.38.